The average Bonchev–Trinajstić information content (AvgIpc) is 3.10. The van der Waals surface area contributed by atoms with Gasteiger partial charge in [0.05, 0.1) is 10.5 Å². The summed E-state index contributed by atoms with van der Waals surface area (Å²) in [6, 6.07) is 3.94. The van der Waals surface area contributed by atoms with E-state index < -0.39 is 21.8 Å². The number of imidazole rings is 1. The van der Waals surface area contributed by atoms with Gasteiger partial charge in [0, 0.05) is 37.9 Å². The van der Waals surface area contributed by atoms with E-state index in [-0.39, 0.29) is 4.90 Å². The molecule has 2 heterocycles. The van der Waals surface area contributed by atoms with Gasteiger partial charge in [-0.3, -0.25) is 0 Å². The van der Waals surface area contributed by atoms with Crippen molar-refractivity contribution >= 4 is 10.0 Å². The fourth-order valence-corrected chi connectivity index (χ4v) is 5.08. The maximum atomic E-state index is 12.9. The zero-order valence-corrected chi connectivity index (χ0v) is 16.7. The number of alkyl halides is 3. The molecule has 5 nitrogen and oxygen atoms in total. The summed E-state index contributed by atoms with van der Waals surface area (Å²) < 4.78 is 67.7. The highest BCUT2D eigenvalue weighted by Crippen LogP contribution is 2.32. The Morgan fingerprint density at radius 1 is 1.21 bits per heavy atom. The summed E-state index contributed by atoms with van der Waals surface area (Å²) in [5.74, 6) is 1.61. The van der Waals surface area contributed by atoms with E-state index >= 15 is 0 Å². The second kappa shape index (κ2) is 7.87. The summed E-state index contributed by atoms with van der Waals surface area (Å²) in [7, 11) is -3.94. The summed E-state index contributed by atoms with van der Waals surface area (Å²) >= 11 is 0. The molecule has 154 valence electrons. The molecule has 0 spiro atoms. The Labute approximate surface area is 163 Å². The Morgan fingerprint density at radius 2 is 1.89 bits per heavy atom. The zero-order valence-electron chi connectivity index (χ0n) is 15.9. The maximum Gasteiger partial charge on any atom is 0.416 e. The van der Waals surface area contributed by atoms with Crippen molar-refractivity contribution < 1.29 is 21.6 Å². The number of benzene rings is 1. The van der Waals surface area contributed by atoms with Crippen LogP contribution < -0.4 is 0 Å². The third-order valence-electron chi connectivity index (χ3n) is 5.09. The maximum absolute atomic E-state index is 12.9. The van der Waals surface area contributed by atoms with E-state index in [9.17, 15) is 21.6 Å². The highest BCUT2D eigenvalue weighted by atomic mass is 32.2. The Kier molecular flexibility index (Phi) is 5.86. The van der Waals surface area contributed by atoms with E-state index in [4.69, 9.17) is 0 Å². The minimum absolute atomic E-state index is 0.301. The smallest absolute Gasteiger partial charge is 0.334 e. The Balaban J connectivity index is 1.68. The van der Waals surface area contributed by atoms with Crippen molar-refractivity contribution in [2.45, 2.75) is 50.2 Å². The number of rotatable bonds is 5. The molecule has 0 aliphatic carbocycles. The van der Waals surface area contributed by atoms with Gasteiger partial charge < -0.3 is 4.57 Å². The van der Waals surface area contributed by atoms with Crippen LogP contribution in [0.3, 0.4) is 0 Å². The summed E-state index contributed by atoms with van der Waals surface area (Å²) in [4.78, 5) is 4.06. The van der Waals surface area contributed by atoms with Gasteiger partial charge in [-0.05, 0) is 37.0 Å². The van der Waals surface area contributed by atoms with Crippen molar-refractivity contribution in [1.29, 1.82) is 0 Å². The quantitative estimate of drug-likeness (QED) is 0.738. The number of hydrogen-bond acceptors (Lipinski definition) is 3. The lowest BCUT2D eigenvalue weighted by atomic mass is 9.98. The van der Waals surface area contributed by atoms with E-state index in [1.165, 1.54) is 10.4 Å². The predicted octanol–water partition coefficient (Wildman–Crippen LogP) is 4.13. The molecule has 2 aromatic rings. The largest absolute Gasteiger partial charge is 0.416 e. The molecule has 3 rings (SSSR count). The van der Waals surface area contributed by atoms with Gasteiger partial charge in [0.15, 0.2) is 0 Å². The van der Waals surface area contributed by atoms with Crippen LogP contribution in [0.5, 0.6) is 0 Å². The topological polar surface area (TPSA) is 55.2 Å². The predicted molar refractivity (Wildman–Crippen MR) is 99.2 cm³/mol. The number of aromatic nitrogens is 2. The van der Waals surface area contributed by atoms with Crippen molar-refractivity contribution in [3.8, 4) is 0 Å². The first-order valence-electron chi connectivity index (χ1n) is 9.27. The first-order valence-corrected chi connectivity index (χ1v) is 10.7. The standard InChI is InChI=1S/C19H24F3N3O2S/c1-14(2)18-23-8-11-24(18)13-15-6-9-25(10-7-15)28(26,27)17-5-3-4-16(12-17)19(20,21)22/h3-5,8,11-12,14-15H,6-7,9-10,13H2,1-2H3. The van der Waals surface area contributed by atoms with Crippen molar-refractivity contribution in [3.05, 3.63) is 48.0 Å². The third-order valence-corrected chi connectivity index (χ3v) is 6.99. The molecule has 1 aliphatic rings. The van der Waals surface area contributed by atoms with Crippen LogP contribution in [0.25, 0.3) is 0 Å². The molecule has 1 fully saturated rings. The lowest BCUT2D eigenvalue weighted by Crippen LogP contribution is -2.39. The van der Waals surface area contributed by atoms with Crippen molar-refractivity contribution in [3.63, 3.8) is 0 Å². The first kappa shape index (κ1) is 20.9. The number of sulfonamides is 1. The molecule has 1 saturated heterocycles. The van der Waals surface area contributed by atoms with E-state index in [0.717, 1.165) is 24.5 Å². The Hall–Kier alpha value is -1.87. The van der Waals surface area contributed by atoms with Gasteiger partial charge in [-0.1, -0.05) is 19.9 Å². The number of piperidine rings is 1. The van der Waals surface area contributed by atoms with Crippen LogP contribution in [0.2, 0.25) is 0 Å². The second-order valence-electron chi connectivity index (χ2n) is 7.47. The summed E-state index contributed by atoms with van der Waals surface area (Å²) in [6.45, 7) is 5.51. The molecular weight excluding hydrogens is 391 g/mol. The number of hydrogen-bond donors (Lipinski definition) is 0. The SMILES string of the molecule is CC(C)c1nccn1CC1CCN(S(=O)(=O)c2cccc(C(F)(F)F)c2)CC1. The van der Waals surface area contributed by atoms with Gasteiger partial charge in [-0.25, -0.2) is 13.4 Å². The van der Waals surface area contributed by atoms with Crippen molar-refractivity contribution in [2.75, 3.05) is 13.1 Å². The van der Waals surface area contributed by atoms with E-state index in [1.54, 1.807) is 6.20 Å². The summed E-state index contributed by atoms with van der Waals surface area (Å²) in [6.07, 6.45) is 0.447. The third kappa shape index (κ3) is 4.41. The zero-order chi connectivity index (χ0) is 20.5. The molecule has 0 amide bonds. The molecule has 28 heavy (non-hydrogen) atoms. The molecule has 9 heteroatoms. The Bertz CT molecular complexity index is 915. The van der Waals surface area contributed by atoms with Crippen molar-refractivity contribution in [2.24, 2.45) is 5.92 Å². The van der Waals surface area contributed by atoms with Gasteiger partial charge in [0.2, 0.25) is 10.0 Å². The van der Waals surface area contributed by atoms with Crippen LogP contribution in [-0.2, 0) is 22.7 Å². The highest BCUT2D eigenvalue weighted by molar-refractivity contribution is 7.89. The lowest BCUT2D eigenvalue weighted by Gasteiger charge is -2.31. The average molecular weight is 415 g/mol. The van der Waals surface area contributed by atoms with Gasteiger partial charge in [0.25, 0.3) is 0 Å². The Morgan fingerprint density at radius 3 is 2.50 bits per heavy atom. The highest BCUT2D eigenvalue weighted by Gasteiger charge is 2.34. The number of nitrogens with zero attached hydrogens (tertiary/aromatic N) is 3. The van der Waals surface area contributed by atoms with Crippen molar-refractivity contribution in [1.82, 2.24) is 13.9 Å². The minimum Gasteiger partial charge on any atom is -0.334 e. The fourth-order valence-electron chi connectivity index (χ4n) is 3.57. The van der Waals surface area contributed by atoms with Gasteiger partial charge in [-0.2, -0.15) is 17.5 Å². The monoisotopic (exact) mass is 415 g/mol. The summed E-state index contributed by atoms with van der Waals surface area (Å²) in [5.41, 5.74) is -0.954. The molecular formula is C19H24F3N3O2S. The lowest BCUT2D eigenvalue weighted by molar-refractivity contribution is -0.137. The minimum atomic E-state index is -4.57. The van der Waals surface area contributed by atoms with E-state index in [0.29, 0.717) is 43.8 Å². The fraction of sp³-hybridized carbons (Fsp3) is 0.526. The van der Waals surface area contributed by atoms with Crippen LogP contribution >= 0.6 is 0 Å². The van der Waals surface area contributed by atoms with Gasteiger partial charge in [-0.15, -0.1) is 0 Å². The molecule has 0 N–H and O–H groups in total. The molecule has 1 aromatic heterocycles. The molecule has 0 saturated carbocycles. The number of halogens is 3. The molecule has 0 unspecified atom stereocenters. The summed E-state index contributed by atoms with van der Waals surface area (Å²) in [5, 5.41) is 0. The molecule has 1 aliphatic heterocycles. The molecule has 1 aromatic carbocycles. The van der Waals surface area contributed by atoms with Crippen LogP contribution in [-0.4, -0.2) is 35.4 Å². The van der Waals surface area contributed by atoms with Crippen LogP contribution in [0.1, 0.15) is 44.0 Å². The first-order chi connectivity index (χ1) is 13.1. The normalized spacial score (nSPS) is 17.4. The molecule has 0 bridgehead atoms. The molecule has 0 atom stereocenters. The van der Waals surface area contributed by atoms with E-state index in [1.807, 2.05) is 6.20 Å². The van der Waals surface area contributed by atoms with E-state index in [2.05, 4.69) is 23.4 Å². The van der Waals surface area contributed by atoms with Gasteiger partial charge in [0.1, 0.15) is 5.82 Å². The van der Waals surface area contributed by atoms with Crippen LogP contribution in [0.15, 0.2) is 41.6 Å². The van der Waals surface area contributed by atoms with Crippen LogP contribution in [0, 0.1) is 5.92 Å². The van der Waals surface area contributed by atoms with Gasteiger partial charge >= 0.3 is 6.18 Å². The molecule has 0 radical (unpaired) electrons. The second-order valence-corrected chi connectivity index (χ2v) is 9.40. The van der Waals surface area contributed by atoms with Crippen LogP contribution in [0.4, 0.5) is 13.2 Å².